The topological polar surface area (TPSA) is 105 Å². The van der Waals surface area contributed by atoms with Crippen molar-refractivity contribution in [2.45, 2.75) is 26.8 Å². The van der Waals surface area contributed by atoms with Gasteiger partial charge in [-0.15, -0.1) is 0 Å². The van der Waals surface area contributed by atoms with Crippen molar-refractivity contribution in [1.29, 1.82) is 0 Å². The number of benzene rings is 1. The number of hydrogen-bond acceptors (Lipinski definition) is 6. The molecule has 0 fully saturated rings. The van der Waals surface area contributed by atoms with E-state index in [4.69, 9.17) is 4.52 Å². The Labute approximate surface area is 149 Å². The van der Waals surface area contributed by atoms with Gasteiger partial charge in [0.15, 0.2) is 5.82 Å². The van der Waals surface area contributed by atoms with E-state index in [1.54, 1.807) is 7.05 Å². The number of H-pyrrole nitrogens is 1. The summed E-state index contributed by atoms with van der Waals surface area (Å²) in [5, 5.41) is 3.80. The zero-order chi connectivity index (χ0) is 18.7. The molecule has 0 saturated carbocycles. The predicted octanol–water partition coefficient (Wildman–Crippen LogP) is 1.96. The minimum Gasteiger partial charge on any atom is -0.339 e. The van der Waals surface area contributed by atoms with Gasteiger partial charge in [0.25, 0.3) is 11.5 Å². The molecule has 0 unspecified atom stereocenters. The maximum Gasteiger partial charge on any atom is 0.264 e. The molecule has 0 aliphatic carbocycles. The summed E-state index contributed by atoms with van der Waals surface area (Å²) in [4.78, 5) is 37.2. The molecule has 1 amide bonds. The number of amides is 1. The van der Waals surface area contributed by atoms with Crippen LogP contribution in [-0.2, 0) is 13.0 Å². The van der Waals surface area contributed by atoms with Crippen molar-refractivity contribution in [2.75, 3.05) is 7.05 Å². The number of nitrogens with one attached hydrogen (secondary N) is 1. The van der Waals surface area contributed by atoms with Crippen LogP contribution in [-0.4, -0.2) is 38.0 Å². The first-order valence-corrected chi connectivity index (χ1v) is 8.21. The van der Waals surface area contributed by atoms with E-state index in [9.17, 15) is 9.59 Å². The van der Waals surface area contributed by atoms with E-state index in [0.717, 1.165) is 11.1 Å². The van der Waals surface area contributed by atoms with E-state index < -0.39 is 11.5 Å². The highest BCUT2D eigenvalue weighted by molar-refractivity contribution is 5.93. The van der Waals surface area contributed by atoms with Crippen LogP contribution >= 0.6 is 0 Å². The SMILES string of the molecule is CCc1nc(CN(C)C(=O)c2cnc(-c3ccc(C)cc3)[nH]c2=O)no1. The fourth-order valence-corrected chi connectivity index (χ4v) is 2.39. The van der Waals surface area contributed by atoms with Crippen LogP contribution in [0.4, 0.5) is 0 Å². The monoisotopic (exact) mass is 353 g/mol. The molecule has 8 nitrogen and oxygen atoms in total. The highest BCUT2D eigenvalue weighted by Crippen LogP contribution is 2.14. The molecule has 2 heterocycles. The zero-order valence-corrected chi connectivity index (χ0v) is 14.8. The van der Waals surface area contributed by atoms with E-state index in [2.05, 4.69) is 20.1 Å². The molecule has 8 heteroatoms. The summed E-state index contributed by atoms with van der Waals surface area (Å²) in [6.45, 7) is 4.01. The average Bonchev–Trinajstić information content (AvgIpc) is 3.09. The van der Waals surface area contributed by atoms with Crippen LogP contribution in [0.3, 0.4) is 0 Å². The van der Waals surface area contributed by atoms with Gasteiger partial charge in [-0.1, -0.05) is 41.9 Å². The number of hydrogen-bond donors (Lipinski definition) is 1. The molecule has 0 bridgehead atoms. The Balaban J connectivity index is 1.78. The van der Waals surface area contributed by atoms with Gasteiger partial charge in [-0.3, -0.25) is 9.59 Å². The lowest BCUT2D eigenvalue weighted by Crippen LogP contribution is -2.32. The van der Waals surface area contributed by atoms with Gasteiger partial charge in [0.2, 0.25) is 5.89 Å². The van der Waals surface area contributed by atoms with Crippen LogP contribution in [0.1, 0.15) is 34.6 Å². The molecule has 0 aliphatic rings. The Bertz CT molecular complexity index is 975. The Morgan fingerprint density at radius 2 is 2.00 bits per heavy atom. The molecule has 0 radical (unpaired) electrons. The van der Waals surface area contributed by atoms with Gasteiger partial charge in [0.05, 0.1) is 6.54 Å². The molecule has 3 rings (SSSR count). The molecule has 26 heavy (non-hydrogen) atoms. The second-order valence-corrected chi connectivity index (χ2v) is 5.96. The second kappa shape index (κ2) is 7.30. The number of aromatic nitrogens is 4. The highest BCUT2D eigenvalue weighted by atomic mass is 16.5. The van der Waals surface area contributed by atoms with Crippen molar-refractivity contribution in [1.82, 2.24) is 25.0 Å². The van der Waals surface area contributed by atoms with Gasteiger partial charge in [0.1, 0.15) is 11.4 Å². The van der Waals surface area contributed by atoms with Crippen LogP contribution in [0.2, 0.25) is 0 Å². The standard InChI is InChI=1S/C18H19N5O3/c1-4-15-20-14(22-26-15)10-23(3)18(25)13-9-19-16(21-17(13)24)12-7-5-11(2)6-8-12/h5-9H,4,10H2,1-3H3,(H,19,21,24). The Kier molecular flexibility index (Phi) is 4.92. The van der Waals surface area contributed by atoms with Crippen molar-refractivity contribution in [3.8, 4) is 11.4 Å². The molecule has 1 N–H and O–H groups in total. The van der Waals surface area contributed by atoms with Crippen molar-refractivity contribution in [2.24, 2.45) is 0 Å². The minimum atomic E-state index is -0.491. The van der Waals surface area contributed by atoms with Crippen molar-refractivity contribution >= 4 is 5.91 Å². The number of aromatic amines is 1. The van der Waals surface area contributed by atoms with E-state index in [1.165, 1.54) is 11.1 Å². The van der Waals surface area contributed by atoms with Crippen molar-refractivity contribution in [3.05, 3.63) is 63.7 Å². The first kappa shape index (κ1) is 17.5. The summed E-state index contributed by atoms with van der Waals surface area (Å²) >= 11 is 0. The molecule has 0 atom stereocenters. The Hall–Kier alpha value is -3.29. The van der Waals surface area contributed by atoms with Gasteiger partial charge in [-0.2, -0.15) is 4.98 Å². The number of carbonyl (C=O) groups is 1. The molecule has 2 aromatic heterocycles. The maximum absolute atomic E-state index is 12.5. The summed E-state index contributed by atoms with van der Waals surface area (Å²) in [7, 11) is 1.57. The summed E-state index contributed by atoms with van der Waals surface area (Å²) in [5.41, 5.74) is 1.36. The Morgan fingerprint density at radius 1 is 1.27 bits per heavy atom. The molecular weight excluding hydrogens is 334 g/mol. The van der Waals surface area contributed by atoms with E-state index in [-0.39, 0.29) is 12.1 Å². The summed E-state index contributed by atoms with van der Waals surface area (Å²) in [5.74, 6) is 0.846. The first-order valence-electron chi connectivity index (χ1n) is 8.21. The van der Waals surface area contributed by atoms with E-state index in [1.807, 2.05) is 38.1 Å². The molecule has 0 saturated heterocycles. The van der Waals surface area contributed by atoms with Crippen molar-refractivity contribution in [3.63, 3.8) is 0 Å². The first-order chi connectivity index (χ1) is 12.5. The third kappa shape index (κ3) is 3.69. The lowest BCUT2D eigenvalue weighted by Gasteiger charge is -2.14. The average molecular weight is 353 g/mol. The number of rotatable bonds is 5. The van der Waals surface area contributed by atoms with Gasteiger partial charge in [-0.05, 0) is 6.92 Å². The summed E-state index contributed by atoms with van der Waals surface area (Å²) in [6, 6.07) is 7.58. The van der Waals surface area contributed by atoms with Gasteiger partial charge in [-0.25, -0.2) is 4.98 Å². The highest BCUT2D eigenvalue weighted by Gasteiger charge is 2.19. The summed E-state index contributed by atoms with van der Waals surface area (Å²) < 4.78 is 5.02. The quantitative estimate of drug-likeness (QED) is 0.752. The molecule has 0 aliphatic heterocycles. The molecule has 0 spiro atoms. The normalized spacial score (nSPS) is 10.7. The predicted molar refractivity (Wildman–Crippen MR) is 94.5 cm³/mol. The van der Waals surface area contributed by atoms with E-state index >= 15 is 0 Å². The van der Waals surface area contributed by atoms with Crippen LogP contribution in [0.25, 0.3) is 11.4 Å². The van der Waals surface area contributed by atoms with Gasteiger partial charge < -0.3 is 14.4 Å². The minimum absolute atomic E-state index is 0.0393. The van der Waals surface area contributed by atoms with E-state index in [0.29, 0.717) is 24.0 Å². The van der Waals surface area contributed by atoms with Gasteiger partial charge in [0, 0.05) is 25.2 Å². The van der Waals surface area contributed by atoms with Crippen LogP contribution < -0.4 is 5.56 Å². The fraction of sp³-hybridized carbons (Fsp3) is 0.278. The number of aryl methyl sites for hydroxylation is 2. The molecule has 3 aromatic rings. The number of carbonyl (C=O) groups excluding carboxylic acids is 1. The number of nitrogens with zero attached hydrogens (tertiary/aromatic N) is 4. The van der Waals surface area contributed by atoms with Crippen LogP contribution in [0, 0.1) is 6.92 Å². The van der Waals surface area contributed by atoms with Crippen LogP contribution in [0.5, 0.6) is 0 Å². The Morgan fingerprint density at radius 3 is 2.62 bits per heavy atom. The third-order valence-electron chi connectivity index (χ3n) is 3.89. The fourth-order valence-electron chi connectivity index (χ4n) is 2.39. The van der Waals surface area contributed by atoms with Gasteiger partial charge >= 0.3 is 0 Å². The zero-order valence-electron chi connectivity index (χ0n) is 14.8. The second-order valence-electron chi connectivity index (χ2n) is 5.96. The van der Waals surface area contributed by atoms with Crippen LogP contribution in [0.15, 0.2) is 39.8 Å². The lowest BCUT2D eigenvalue weighted by molar-refractivity contribution is 0.0778. The molecular formula is C18H19N5O3. The van der Waals surface area contributed by atoms with Crippen molar-refractivity contribution < 1.29 is 9.32 Å². The smallest absolute Gasteiger partial charge is 0.264 e. The largest absolute Gasteiger partial charge is 0.339 e. The third-order valence-corrected chi connectivity index (χ3v) is 3.89. The maximum atomic E-state index is 12.5. The molecule has 1 aromatic carbocycles. The lowest BCUT2D eigenvalue weighted by atomic mass is 10.1. The molecule has 134 valence electrons. The summed E-state index contributed by atoms with van der Waals surface area (Å²) in [6.07, 6.45) is 1.91.